The van der Waals surface area contributed by atoms with Crippen molar-refractivity contribution in [3.8, 4) is 22.6 Å². The van der Waals surface area contributed by atoms with Crippen LogP contribution in [0.4, 0.5) is 0 Å². The molecule has 0 spiro atoms. The first-order chi connectivity index (χ1) is 25.2. The molecular formula is C47H34O2S2. The zero-order chi connectivity index (χ0) is 33.5. The van der Waals surface area contributed by atoms with Gasteiger partial charge in [-0.3, -0.25) is 0 Å². The molecule has 2 saturated heterocycles. The van der Waals surface area contributed by atoms with Crippen LogP contribution in [0.5, 0.6) is 11.5 Å². The number of hydrogen-bond acceptors (Lipinski definition) is 4. The van der Waals surface area contributed by atoms with Gasteiger partial charge in [0.2, 0.25) is 0 Å². The van der Waals surface area contributed by atoms with Gasteiger partial charge in [0, 0.05) is 22.0 Å². The highest BCUT2D eigenvalue weighted by molar-refractivity contribution is 8.07. The van der Waals surface area contributed by atoms with E-state index in [1.807, 2.05) is 23.5 Å². The van der Waals surface area contributed by atoms with E-state index < -0.39 is 5.41 Å². The quantitative estimate of drug-likeness (QED) is 0.147. The Balaban J connectivity index is 1.17. The second kappa shape index (κ2) is 11.6. The number of thioether (sulfide) groups is 2. The van der Waals surface area contributed by atoms with Crippen LogP contribution < -0.4 is 9.47 Å². The van der Waals surface area contributed by atoms with Gasteiger partial charge in [0.15, 0.2) is 0 Å². The van der Waals surface area contributed by atoms with Gasteiger partial charge in [-0.1, -0.05) is 97.1 Å². The highest BCUT2D eigenvalue weighted by Gasteiger charge is 2.47. The molecule has 2 heterocycles. The Morgan fingerprint density at radius 2 is 0.961 bits per heavy atom. The fourth-order valence-corrected chi connectivity index (χ4v) is 9.16. The third kappa shape index (κ3) is 4.95. The standard InChI is InChI=1S/C47H34O2S2/c1-2-7-31-24-45-43(23-30(31)6-1)46-42-8-4-3-5-29(42)13-18-44(46)47(45,36-14-9-34-21-38(16-11-32(34)19-36)48-25-40-27-50-40)37-15-10-35-22-39(17-12-33(35)20-37)49-26-41-28-51-41/h1-24,40-41H,25-28H2. The minimum atomic E-state index is -0.544. The van der Waals surface area contributed by atoms with E-state index in [1.54, 1.807) is 0 Å². The van der Waals surface area contributed by atoms with Crippen molar-refractivity contribution in [2.24, 2.45) is 0 Å². The molecule has 11 rings (SSSR count). The maximum atomic E-state index is 6.18. The first-order valence-corrected chi connectivity index (χ1v) is 19.9. The SMILES string of the molecule is c1ccc2cc3c(cc2c1)-c1c(ccc2ccccc12)C3(c1ccc2cc(OCC3CS3)ccc2c1)c1ccc2cc(OCC3CS3)ccc2c1. The van der Waals surface area contributed by atoms with Gasteiger partial charge in [-0.05, 0) is 125 Å². The molecule has 0 aromatic heterocycles. The normalized spacial score (nSPS) is 20.1. The van der Waals surface area contributed by atoms with Crippen LogP contribution in [0.2, 0.25) is 0 Å². The minimum absolute atomic E-state index is 0.544. The molecule has 0 amide bonds. The van der Waals surface area contributed by atoms with Gasteiger partial charge in [-0.2, -0.15) is 23.5 Å². The first kappa shape index (κ1) is 29.8. The lowest BCUT2D eigenvalue weighted by atomic mass is 9.67. The van der Waals surface area contributed by atoms with E-state index in [1.165, 1.54) is 88.0 Å². The average Bonchev–Trinajstić information content (AvgIpc) is 4.13. The summed E-state index contributed by atoms with van der Waals surface area (Å²) in [5, 5.41) is 11.2. The number of benzene rings is 8. The van der Waals surface area contributed by atoms with Crippen LogP contribution in [-0.2, 0) is 5.41 Å². The van der Waals surface area contributed by atoms with E-state index in [4.69, 9.17) is 9.47 Å². The second-order valence-corrected chi connectivity index (χ2v) is 16.9. The Bertz CT molecular complexity index is 2590. The van der Waals surface area contributed by atoms with Gasteiger partial charge in [0.1, 0.15) is 24.7 Å². The largest absolute Gasteiger partial charge is 0.492 e. The molecule has 0 saturated carbocycles. The summed E-state index contributed by atoms with van der Waals surface area (Å²) in [5.41, 5.74) is 7.29. The summed E-state index contributed by atoms with van der Waals surface area (Å²) in [5.74, 6) is 4.30. The lowest BCUT2D eigenvalue weighted by Crippen LogP contribution is -2.28. The lowest BCUT2D eigenvalue weighted by Gasteiger charge is -2.34. The molecule has 2 atom stereocenters. The zero-order valence-corrected chi connectivity index (χ0v) is 29.6. The number of fused-ring (bicyclic) bond motifs is 8. The van der Waals surface area contributed by atoms with Crippen LogP contribution in [0.15, 0.2) is 146 Å². The van der Waals surface area contributed by atoms with Crippen LogP contribution in [0.3, 0.4) is 0 Å². The van der Waals surface area contributed by atoms with Crippen LogP contribution >= 0.6 is 23.5 Å². The molecule has 0 bridgehead atoms. The van der Waals surface area contributed by atoms with Crippen LogP contribution in [0.25, 0.3) is 54.2 Å². The molecule has 4 heteroatoms. The summed E-state index contributed by atoms with van der Waals surface area (Å²) in [4.78, 5) is 0. The van der Waals surface area contributed by atoms with Crippen molar-refractivity contribution in [2.45, 2.75) is 15.9 Å². The van der Waals surface area contributed by atoms with Gasteiger partial charge in [-0.15, -0.1) is 0 Å². The molecule has 51 heavy (non-hydrogen) atoms. The second-order valence-electron chi connectivity index (χ2n) is 14.2. The van der Waals surface area contributed by atoms with E-state index in [9.17, 15) is 0 Å². The Kier molecular flexibility index (Phi) is 6.75. The summed E-state index contributed by atoms with van der Waals surface area (Å²) < 4.78 is 12.4. The van der Waals surface area contributed by atoms with Gasteiger partial charge in [0.05, 0.1) is 5.41 Å². The van der Waals surface area contributed by atoms with Gasteiger partial charge >= 0.3 is 0 Å². The Labute approximate surface area is 305 Å². The molecule has 0 N–H and O–H groups in total. The maximum Gasteiger partial charge on any atom is 0.119 e. The molecule has 0 radical (unpaired) electrons. The highest BCUT2D eigenvalue weighted by atomic mass is 32.2. The first-order valence-electron chi connectivity index (χ1n) is 17.8. The molecule has 8 aromatic carbocycles. The van der Waals surface area contributed by atoms with Crippen molar-refractivity contribution in [1.29, 1.82) is 0 Å². The van der Waals surface area contributed by atoms with Crippen molar-refractivity contribution in [3.63, 3.8) is 0 Å². The zero-order valence-electron chi connectivity index (χ0n) is 28.0. The van der Waals surface area contributed by atoms with E-state index in [0.29, 0.717) is 10.5 Å². The Morgan fingerprint density at radius 3 is 1.57 bits per heavy atom. The molecule has 2 fully saturated rings. The number of rotatable bonds is 8. The van der Waals surface area contributed by atoms with E-state index >= 15 is 0 Å². The molecule has 246 valence electrons. The molecule has 1 aliphatic carbocycles. The lowest BCUT2D eigenvalue weighted by molar-refractivity contribution is 0.330. The minimum Gasteiger partial charge on any atom is -0.492 e. The Morgan fingerprint density at radius 1 is 0.471 bits per heavy atom. The fraction of sp³-hybridized carbons (Fsp3) is 0.149. The predicted octanol–water partition coefficient (Wildman–Crippen LogP) is 11.7. The summed E-state index contributed by atoms with van der Waals surface area (Å²) in [6.45, 7) is 1.56. The maximum absolute atomic E-state index is 6.18. The van der Waals surface area contributed by atoms with Crippen LogP contribution in [-0.4, -0.2) is 35.2 Å². The van der Waals surface area contributed by atoms with Crippen LogP contribution in [0, 0.1) is 0 Å². The van der Waals surface area contributed by atoms with Crippen molar-refractivity contribution in [2.75, 3.05) is 24.7 Å². The van der Waals surface area contributed by atoms with Crippen molar-refractivity contribution in [3.05, 3.63) is 168 Å². The number of ether oxygens (including phenoxy) is 2. The fourth-order valence-electron chi connectivity index (χ4n) is 8.37. The third-order valence-corrected chi connectivity index (χ3v) is 12.9. The van der Waals surface area contributed by atoms with Crippen LogP contribution in [0.1, 0.15) is 22.3 Å². The number of hydrogen-bond donors (Lipinski definition) is 0. The summed E-state index contributed by atoms with van der Waals surface area (Å²) in [7, 11) is 0. The smallest absolute Gasteiger partial charge is 0.119 e. The topological polar surface area (TPSA) is 18.5 Å². The van der Waals surface area contributed by atoms with E-state index in [0.717, 1.165) is 24.7 Å². The molecule has 2 unspecified atom stereocenters. The van der Waals surface area contributed by atoms with Gasteiger partial charge in [-0.25, -0.2) is 0 Å². The molecular weight excluding hydrogens is 661 g/mol. The van der Waals surface area contributed by atoms with Crippen molar-refractivity contribution >= 4 is 66.6 Å². The summed E-state index contributed by atoms with van der Waals surface area (Å²) >= 11 is 3.94. The third-order valence-electron chi connectivity index (χ3n) is 11.1. The predicted molar refractivity (Wildman–Crippen MR) is 217 cm³/mol. The Hall–Kier alpha value is -4.90. The summed E-state index contributed by atoms with van der Waals surface area (Å²) in [6, 6.07) is 54.6. The van der Waals surface area contributed by atoms with E-state index in [2.05, 4.69) is 146 Å². The van der Waals surface area contributed by atoms with Crippen molar-refractivity contribution < 1.29 is 9.47 Å². The molecule has 8 aromatic rings. The summed E-state index contributed by atoms with van der Waals surface area (Å²) in [6.07, 6.45) is 0. The highest BCUT2D eigenvalue weighted by Crippen LogP contribution is 2.59. The molecule has 2 nitrogen and oxygen atoms in total. The van der Waals surface area contributed by atoms with Crippen molar-refractivity contribution in [1.82, 2.24) is 0 Å². The van der Waals surface area contributed by atoms with E-state index in [-0.39, 0.29) is 0 Å². The van der Waals surface area contributed by atoms with Gasteiger partial charge in [0.25, 0.3) is 0 Å². The van der Waals surface area contributed by atoms with Gasteiger partial charge < -0.3 is 9.47 Å². The average molecular weight is 695 g/mol. The molecule has 2 aliphatic heterocycles. The monoisotopic (exact) mass is 694 g/mol. The molecule has 3 aliphatic rings.